The van der Waals surface area contributed by atoms with Crippen LogP contribution in [0.3, 0.4) is 0 Å². The number of rotatable bonds is 40. The van der Waals surface area contributed by atoms with Crippen LogP contribution in [-0.2, 0) is 28.6 Å². The summed E-state index contributed by atoms with van der Waals surface area (Å²) in [6.07, 6.45) is 67.2. The van der Waals surface area contributed by atoms with E-state index in [1.807, 2.05) is 97.2 Å². The quantitative estimate of drug-likeness (QED) is 0.0201. The zero-order valence-corrected chi connectivity index (χ0v) is 38.6. The van der Waals surface area contributed by atoms with E-state index < -0.39 is 6.10 Å². The molecule has 0 spiro atoms. The average molecular weight is 841 g/mol. The van der Waals surface area contributed by atoms with Crippen molar-refractivity contribution in [1.82, 2.24) is 0 Å². The minimum absolute atomic E-state index is 0.122. The molecule has 0 saturated heterocycles. The van der Waals surface area contributed by atoms with Gasteiger partial charge in [0, 0.05) is 19.3 Å². The van der Waals surface area contributed by atoms with E-state index in [1.54, 1.807) is 0 Å². The Morgan fingerprint density at radius 1 is 0.344 bits per heavy atom. The Balaban J connectivity index is 4.59. The summed E-state index contributed by atoms with van der Waals surface area (Å²) in [7, 11) is 0. The second-order valence-electron chi connectivity index (χ2n) is 15.1. The summed E-state index contributed by atoms with van der Waals surface area (Å²) >= 11 is 0. The fourth-order valence-corrected chi connectivity index (χ4v) is 5.83. The van der Waals surface area contributed by atoms with Crippen LogP contribution in [0.5, 0.6) is 0 Å². The molecule has 0 rings (SSSR count). The summed E-state index contributed by atoms with van der Waals surface area (Å²) in [5.74, 6) is -1.04. The third kappa shape index (κ3) is 46.5. The maximum Gasteiger partial charge on any atom is 0.306 e. The van der Waals surface area contributed by atoms with Gasteiger partial charge >= 0.3 is 17.9 Å². The molecule has 0 heterocycles. The SMILES string of the molecule is CC\C=C/C=C\C=C/C=C\C=C\C=C/CCCCCC(=O)OCC(COC(=O)CCCCC/C=C\CCCCCCCC)OC(=O)CCCCC\C=C/C=C\C=C/C=C\CC. The predicted octanol–water partition coefficient (Wildman–Crippen LogP) is 15.5. The minimum Gasteiger partial charge on any atom is -0.462 e. The fraction of sp³-hybridized carbons (Fsp3) is 0.545. The van der Waals surface area contributed by atoms with Crippen molar-refractivity contribution in [3.63, 3.8) is 0 Å². The van der Waals surface area contributed by atoms with Gasteiger partial charge in [0.15, 0.2) is 6.10 Å². The number of unbranched alkanes of at least 4 members (excludes halogenated alkanes) is 15. The van der Waals surface area contributed by atoms with Crippen LogP contribution in [0.2, 0.25) is 0 Å². The number of hydrogen-bond donors (Lipinski definition) is 0. The fourth-order valence-electron chi connectivity index (χ4n) is 5.83. The number of esters is 3. The number of hydrogen-bond acceptors (Lipinski definition) is 6. The van der Waals surface area contributed by atoms with Gasteiger partial charge in [0.1, 0.15) is 13.2 Å². The van der Waals surface area contributed by atoms with Crippen molar-refractivity contribution in [1.29, 1.82) is 0 Å². The molecule has 0 aliphatic rings. The van der Waals surface area contributed by atoms with Crippen LogP contribution < -0.4 is 0 Å². The van der Waals surface area contributed by atoms with Gasteiger partial charge in [-0.25, -0.2) is 0 Å². The Morgan fingerprint density at radius 3 is 1.05 bits per heavy atom. The van der Waals surface area contributed by atoms with Crippen LogP contribution >= 0.6 is 0 Å². The lowest BCUT2D eigenvalue weighted by Crippen LogP contribution is -2.30. The molecule has 0 aliphatic heterocycles. The van der Waals surface area contributed by atoms with E-state index in [-0.39, 0.29) is 44.0 Å². The Labute approximate surface area is 373 Å². The van der Waals surface area contributed by atoms with E-state index >= 15 is 0 Å². The number of carbonyl (C=O) groups excluding carboxylic acids is 3. The van der Waals surface area contributed by atoms with E-state index in [2.05, 4.69) is 57.2 Å². The molecule has 0 amide bonds. The highest BCUT2D eigenvalue weighted by atomic mass is 16.6. The van der Waals surface area contributed by atoms with Crippen LogP contribution in [0.25, 0.3) is 0 Å². The molecule has 0 aromatic heterocycles. The van der Waals surface area contributed by atoms with Gasteiger partial charge < -0.3 is 14.2 Å². The van der Waals surface area contributed by atoms with Gasteiger partial charge in [-0.3, -0.25) is 14.4 Å². The van der Waals surface area contributed by atoms with E-state index in [1.165, 1.54) is 38.5 Å². The molecule has 1 atom stereocenters. The van der Waals surface area contributed by atoms with E-state index in [9.17, 15) is 14.4 Å². The van der Waals surface area contributed by atoms with Crippen LogP contribution in [0, 0.1) is 0 Å². The van der Waals surface area contributed by atoms with Gasteiger partial charge in [-0.05, 0) is 83.5 Å². The van der Waals surface area contributed by atoms with Crippen LogP contribution in [-0.4, -0.2) is 37.2 Å². The molecule has 0 aromatic rings. The van der Waals surface area contributed by atoms with Gasteiger partial charge in [0.05, 0.1) is 0 Å². The van der Waals surface area contributed by atoms with Crippen LogP contribution in [0.1, 0.15) is 175 Å². The Hall–Kier alpha value is -4.45. The molecule has 1 unspecified atom stereocenters. The Kier molecular flexibility index (Phi) is 44.7. The summed E-state index contributed by atoms with van der Waals surface area (Å²) in [6, 6.07) is 0. The molecular weight excluding hydrogens is 757 g/mol. The van der Waals surface area contributed by atoms with E-state index in [0.29, 0.717) is 19.3 Å². The molecule has 0 saturated carbocycles. The van der Waals surface area contributed by atoms with Gasteiger partial charge in [0.25, 0.3) is 0 Å². The Bertz CT molecular complexity index is 1380. The lowest BCUT2D eigenvalue weighted by molar-refractivity contribution is -0.167. The smallest absolute Gasteiger partial charge is 0.306 e. The first kappa shape index (κ1) is 56.5. The number of ether oxygens (including phenoxy) is 3. The first-order valence-electron chi connectivity index (χ1n) is 23.8. The van der Waals surface area contributed by atoms with Crippen molar-refractivity contribution in [3.05, 3.63) is 134 Å². The zero-order chi connectivity index (χ0) is 44.4. The molecule has 6 nitrogen and oxygen atoms in total. The molecule has 0 fully saturated rings. The molecule has 0 aromatic carbocycles. The molecule has 0 aliphatic carbocycles. The topological polar surface area (TPSA) is 78.9 Å². The van der Waals surface area contributed by atoms with Crippen molar-refractivity contribution in [3.8, 4) is 0 Å². The first-order chi connectivity index (χ1) is 30.0. The highest BCUT2D eigenvalue weighted by Crippen LogP contribution is 2.11. The Morgan fingerprint density at radius 2 is 0.656 bits per heavy atom. The van der Waals surface area contributed by atoms with Gasteiger partial charge in [-0.15, -0.1) is 0 Å². The minimum atomic E-state index is -0.827. The van der Waals surface area contributed by atoms with Gasteiger partial charge in [0.2, 0.25) is 0 Å². The highest BCUT2D eigenvalue weighted by Gasteiger charge is 2.19. The van der Waals surface area contributed by atoms with E-state index in [0.717, 1.165) is 83.5 Å². The largest absolute Gasteiger partial charge is 0.462 e. The standard InChI is InChI=1S/C55H84O6/c1-4-7-10-13-16-19-22-25-26-27-28-31-33-36-39-42-45-48-54(57)60-51-52(61-55(58)49-46-43-40-37-34-30-24-21-18-15-12-9-6-3)50-59-53(56)47-44-41-38-35-32-29-23-20-17-14-11-8-5-2/h7,9-10,12-13,15-16,18-19,21-22,24-34,52H,4-6,8,11,14,17,20,23,35-51H2,1-3H3/b10-7-,12-9-,16-13-,18-15-,22-19-,24-21-,26-25-,28-27+,32-29-,33-31-,34-30-. The third-order valence-corrected chi connectivity index (χ3v) is 9.38. The van der Waals surface area contributed by atoms with E-state index in [4.69, 9.17) is 14.2 Å². The molecular formula is C55H84O6. The van der Waals surface area contributed by atoms with Crippen LogP contribution in [0.4, 0.5) is 0 Å². The average Bonchev–Trinajstić information content (AvgIpc) is 3.26. The second-order valence-corrected chi connectivity index (χ2v) is 15.1. The van der Waals surface area contributed by atoms with Crippen molar-refractivity contribution in [2.45, 2.75) is 181 Å². The maximum absolute atomic E-state index is 12.7. The second kappa shape index (κ2) is 48.2. The van der Waals surface area contributed by atoms with Crippen molar-refractivity contribution >= 4 is 17.9 Å². The van der Waals surface area contributed by atoms with Crippen LogP contribution in [0.15, 0.2) is 134 Å². The zero-order valence-electron chi connectivity index (χ0n) is 38.6. The lowest BCUT2D eigenvalue weighted by atomic mass is 10.1. The monoisotopic (exact) mass is 841 g/mol. The highest BCUT2D eigenvalue weighted by molar-refractivity contribution is 5.71. The third-order valence-electron chi connectivity index (χ3n) is 9.38. The molecule has 61 heavy (non-hydrogen) atoms. The molecule has 0 bridgehead atoms. The molecule has 340 valence electrons. The predicted molar refractivity (Wildman–Crippen MR) is 260 cm³/mol. The summed E-state index contributed by atoms with van der Waals surface area (Å²) in [6.45, 7) is 6.22. The van der Waals surface area contributed by atoms with Crippen molar-refractivity contribution in [2.24, 2.45) is 0 Å². The maximum atomic E-state index is 12.7. The number of allylic oxidation sites excluding steroid dienone is 22. The van der Waals surface area contributed by atoms with Gasteiger partial charge in [-0.1, -0.05) is 206 Å². The lowest BCUT2D eigenvalue weighted by Gasteiger charge is -2.18. The summed E-state index contributed by atoms with van der Waals surface area (Å²) in [4.78, 5) is 37.8. The first-order valence-corrected chi connectivity index (χ1v) is 23.8. The summed E-state index contributed by atoms with van der Waals surface area (Å²) in [5.41, 5.74) is 0. The molecule has 6 heteroatoms. The summed E-state index contributed by atoms with van der Waals surface area (Å²) in [5, 5.41) is 0. The molecule has 0 N–H and O–H groups in total. The molecule has 0 radical (unpaired) electrons. The number of carbonyl (C=O) groups is 3. The van der Waals surface area contributed by atoms with Gasteiger partial charge in [-0.2, -0.15) is 0 Å². The normalized spacial score (nSPS) is 13.3. The summed E-state index contributed by atoms with van der Waals surface area (Å²) < 4.78 is 16.7. The van der Waals surface area contributed by atoms with Crippen molar-refractivity contribution < 1.29 is 28.6 Å². The van der Waals surface area contributed by atoms with Crippen molar-refractivity contribution in [2.75, 3.05) is 13.2 Å².